The third kappa shape index (κ3) is 12.1. The highest BCUT2D eigenvalue weighted by molar-refractivity contribution is 7.44. The minimum absolute atomic E-state index is 0.0201. The van der Waals surface area contributed by atoms with E-state index in [1.807, 2.05) is 102 Å². The number of fused-ring (bicyclic) bond motifs is 4. The summed E-state index contributed by atoms with van der Waals surface area (Å²) in [5, 5.41) is 2.96. The molecule has 1 amide bonds. The summed E-state index contributed by atoms with van der Waals surface area (Å²) in [6, 6.07) is 42.9. The van der Waals surface area contributed by atoms with Crippen molar-refractivity contribution in [3.63, 3.8) is 0 Å². The van der Waals surface area contributed by atoms with E-state index >= 15 is 0 Å². The molecule has 7 aromatic rings. The molecule has 15 nitrogen and oxygen atoms in total. The molecule has 1 aliphatic carbocycles. The molecule has 0 spiro atoms. The molecular weight excluding hydrogens is 992 g/mol. The maximum Gasteiger partial charge on any atom is 0.308 e. The van der Waals surface area contributed by atoms with E-state index in [2.05, 4.69) is 91.0 Å². The van der Waals surface area contributed by atoms with Gasteiger partial charge in [0.15, 0.2) is 17.0 Å². The Bertz CT molecular complexity index is 2960. The van der Waals surface area contributed by atoms with Crippen LogP contribution in [0.3, 0.4) is 0 Å². The first-order valence-electron chi connectivity index (χ1n) is 26.8. The average Bonchev–Trinajstić information content (AvgIpc) is 4.19. The zero-order chi connectivity index (χ0) is 54.1. The molecule has 0 saturated carbocycles. The Hall–Kier alpha value is -6.58. The molecule has 404 valence electrons. The molecular formula is C61H71N6O9P. The molecule has 2 aliphatic rings. The van der Waals surface area contributed by atoms with Crippen LogP contribution in [0.25, 0.3) is 22.3 Å². The molecule has 3 heterocycles. The van der Waals surface area contributed by atoms with E-state index in [-0.39, 0.29) is 55.3 Å². The summed E-state index contributed by atoms with van der Waals surface area (Å²) in [5.41, 5.74) is 7.15. The van der Waals surface area contributed by atoms with Crippen molar-refractivity contribution in [2.75, 3.05) is 39.4 Å². The highest BCUT2D eigenvalue weighted by Crippen LogP contribution is 2.51. The Balaban J connectivity index is 0.930. The molecule has 0 bridgehead atoms. The van der Waals surface area contributed by atoms with E-state index in [1.54, 1.807) is 20.5 Å². The van der Waals surface area contributed by atoms with Gasteiger partial charge in [0.1, 0.15) is 42.4 Å². The molecule has 1 N–H and O–H groups in total. The van der Waals surface area contributed by atoms with E-state index in [4.69, 9.17) is 37.7 Å². The van der Waals surface area contributed by atoms with E-state index in [0.29, 0.717) is 37.0 Å². The van der Waals surface area contributed by atoms with Gasteiger partial charge in [-0.25, -0.2) is 19.6 Å². The second-order valence-electron chi connectivity index (χ2n) is 20.2. The SMILES string of the molecule is CCCOP(OC1C[C@H](n2cnc3c(NC(=O)CCCC(C)C(=O)OCC4c5ccccc5-c5ccccc54)ncnc32)O[C@@H]1COC(c1ccccc1)(c1ccc(OC)cc1)c1ccc(OC)cc1)N(C(C)C)C(C)C. The van der Waals surface area contributed by atoms with Crippen LogP contribution in [0.2, 0.25) is 0 Å². The van der Waals surface area contributed by atoms with Crippen molar-refractivity contribution in [2.24, 2.45) is 5.92 Å². The second kappa shape index (κ2) is 25.3. The number of carbonyl (C=O) groups is 2. The summed E-state index contributed by atoms with van der Waals surface area (Å²) < 4.78 is 49.6. The minimum Gasteiger partial charge on any atom is -0.497 e. The number of nitrogens with one attached hydrogen (secondary N) is 1. The first-order valence-corrected chi connectivity index (χ1v) is 27.9. The number of anilines is 1. The van der Waals surface area contributed by atoms with Gasteiger partial charge in [-0.3, -0.25) is 14.2 Å². The molecule has 0 radical (unpaired) electrons. The van der Waals surface area contributed by atoms with Crippen LogP contribution >= 0.6 is 8.53 Å². The number of aromatic nitrogens is 4. The number of hydrogen-bond donors (Lipinski definition) is 1. The van der Waals surface area contributed by atoms with Gasteiger partial charge in [0.2, 0.25) is 5.91 Å². The lowest BCUT2D eigenvalue weighted by atomic mass is 9.80. The Morgan fingerprint density at radius 3 is 1.96 bits per heavy atom. The van der Waals surface area contributed by atoms with Crippen LogP contribution in [0.4, 0.5) is 5.82 Å². The zero-order valence-electron chi connectivity index (χ0n) is 45.3. The fourth-order valence-electron chi connectivity index (χ4n) is 10.6. The third-order valence-electron chi connectivity index (χ3n) is 14.4. The number of benzene rings is 5. The molecule has 77 heavy (non-hydrogen) atoms. The summed E-state index contributed by atoms with van der Waals surface area (Å²) in [6.07, 6.45) is 3.74. The van der Waals surface area contributed by atoms with Crippen molar-refractivity contribution < 1.29 is 42.3 Å². The number of ether oxygens (including phenoxy) is 5. The van der Waals surface area contributed by atoms with Gasteiger partial charge < -0.3 is 38.0 Å². The number of methoxy groups -OCH3 is 2. The monoisotopic (exact) mass is 1060 g/mol. The topological polar surface area (TPSA) is 158 Å². The van der Waals surface area contributed by atoms with Crippen molar-refractivity contribution in [1.29, 1.82) is 0 Å². The van der Waals surface area contributed by atoms with Crippen molar-refractivity contribution in [3.05, 3.63) is 168 Å². The van der Waals surface area contributed by atoms with Gasteiger partial charge in [-0.1, -0.05) is 117 Å². The summed E-state index contributed by atoms with van der Waals surface area (Å²) in [7, 11) is 1.76. The quantitative estimate of drug-likeness (QED) is 0.0328. The van der Waals surface area contributed by atoms with Crippen LogP contribution in [0.1, 0.15) is 114 Å². The number of hydrogen-bond acceptors (Lipinski definition) is 13. The number of imidazole rings is 1. The highest BCUT2D eigenvalue weighted by Gasteiger charge is 2.45. The maximum atomic E-state index is 13.5. The zero-order valence-corrected chi connectivity index (χ0v) is 46.2. The van der Waals surface area contributed by atoms with Gasteiger partial charge in [-0.2, -0.15) is 0 Å². The van der Waals surface area contributed by atoms with Crippen LogP contribution < -0.4 is 14.8 Å². The number of rotatable bonds is 25. The number of nitrogens with zero attached hydrogens (tertiary/aromatic N) is 5. The van der Waals surface area contributed by atoms with E-state index < -0.39 is 38.5 Å². The smallest absolute Gasteiger partial charge is 0.308 e. The van der Waals surface area contributed by atoms with Crippen LogP contribution in [0, 0.1) is 5.92 Å². The molecule has 9 rings (SSSR count). The van der Waals surface area contributed by atoms with Crippen molar-refractivity contribution >= 4 is 37.4 Å². The molecule has 5 atom stereocenters. The van der Waals surface area contributed by atoms with Crippen LogP contribution in [-0.2, 0) is 38.4 Å². The summed E-state index contributed by atoms with van der Waals surface area (Å²) in [4.78, 5) is 40.7. The Morgan fingerprint density at radius 1 is 0.766 bits per heavy atom. The van der Waals surface area contributed by atoms with Gasteiger partial charge in [0.25, 0.3) is 8.53 Å². The van der Waals surface area contributed by atoms with Crippen molar-refractivity contribution in [1.82, 2.24) is 24.2 Å². The van der Waals surface area contributed by atoms with Gasteiger partial charge in [0.05, 0.1) is 45.8 Å². The van der Waals surface area contributed by atoms with E-state index in [9.17, 15) is 9.59 Å². The Labute approximate surface area is 453 Å². The van der Waals surface area contributed by atoms with Gasteiger partial charge in [-0.15, -0.1) is 0 Å². The number of carbonyl (C=O) groups excluding carboxylic acids is 2. The van der Waals surface area contributed by atoms with Crippen molar-refractivity contribution in [2.45, 2.75) is 116 Å². The summed E-state index contributed by atoms with van der Waals surface area (Å²) >= 11 is 0. The predicted molar refractivity (Wildman–Crippen MR) is 299 cm³/mol. The standard InChI is InChI=1S/C61H71N6O9P/c1-9-34-74-77(67(40(2)3)41(4)5)76-53-35-56(75-54(53)37-73-61(43-19-11-10-12-20-43,44-26-30-46(70-7)31-27-44)45-28-32-47(71-8)33-29-45)66-39-64-57-58(62-38-63-59(57)66)65-55(68)25-17-18-42(6)60(69)72-36-52-50-23-15-13-21-48(50)49-22-14-16-24-51(49)52/h10-16,19-24,26-33,38-42,52-54,56H,9,17-18,25,34-37H2,1-8H3,(H,62,63,65,68)/t42?,53?,54-,56-,77?/m1/s1. The average molecular weight is 1060 g/mol. The fraction of sp³-hybridized carbons (Fsp3) is 0.393. The van der Waals surface area contributed by atoms with E-state index in [1.165, 1.54) is 17.5 Å². The normalized spacial score (nSPS) is 17.2. The first-order chi connectivity index (χ1) is 37.4. The number of amides is 1. The molecule has 1 fully saturated rings. The largest absolute Gasteiger partial charge is 0.497 e. The number of esters is 1. The summed E-state index contributed by atoms with van der Waals surface area (Å²) in [5.74, 6) is 0.778. The molecule has 3 unspecified atom stereocenters. The molecule has 2 aromatic heterocycles. The van der Waals surface area contributed by atoms with Crippen molar-refractivity contribution in [3.8, 4) is 22.6 Å². The Morgan fingerprint density at radius 2 is 1.36 bits per heavy atom. The fourth-order valence-corrected chi connectivity index (χ4v) is 12.5. The third-order valence-corrected chi connectivity index (χ3v) is 16.6. The van der Waals surface area contributed by atoms with Gasteiger partial charge in [0, 0.05) is 30.8 Å². The highest BCUT2D eigenvalue weighted by atomic mass is 31.2. The van der Waals surface area contributed by atoms with E-state index in [0.717, 1.165) is 45.7 Å². The lowest BCUT2D eigenvalue weighted by molar-refractivity contribution is -0.148. The van der Waals surface area contributed by atoms with Crippen LogP contribution in [0.15, 0.2) is 140 Å². The maximum absolute atomic E-state index is 13.5. The van der Waals surface area contributed by atoms with Crippen LogP contribution in [0.5, 0.6) is 11.5 Å². The Kier molecular flexibility index (Phi) is 18.1. The molecule has 1 aliphatic heterocycles. The second-order valence-corrected chi connectivity index (χ2v) is 21.6. The lowest BCUT2D eigenvalue weighted by Gasteiger charge is -2.39. The molecule has 5 aromatic carbocycles. The van der Waals surface area contributed by atoms with Crippen LogP contribution in [-0.4, -0.2) is 94.4 Å². The first kappa shape index (κ1) is 55.2. The van der Waals surface area contributed by atoms with Gasteiger partial charge in [-0.05, 0) is 110 Å². The molecule has 1 saturated heterocycles. The van der Waals surface area contributed by atoms with Gasteiger partial charge >= 0.3 is 5.97 Å². The summed E-state index contributed by atoms with van der Waals surface area (Å²) in [6.45, 7) is 13.5. The minimum atomic E-state index is -1.54. The predicted octanol–water partition coefficient (Wildman–Crippen LogP) is 12.4. The lowest BCUT2D eigenvalue weighted by Crippen LogP contribution is -2.39. The molecule has 16 heteroatoms.